The Morgan fingerprint density at radius 2 is 1.97 bits per heavy atom. The zero-order valence-electron chi connectivity index (χ0n) is 17.9. The van der Waals surface area contributed by atoms with Crippen molar-refractivity contribution in [2.45, 2.75) is 57.3 Å². The Bertz CT molecular complexity index is 918. The Balaban J connectivity index is 1.82. The van der Waals surface area contributed by atoms with Gasteiger partial charge < -0.3 is 14.6 Å². The van der Waals surface area contributed by atoms with Crippen LogP contribution in [0.25, 0.3) is 0 Å². The molecule has 2 rings (SSSR count). The summed E-state index contributed by atoms with van der Waals surface area (Å²) in [6, 6.07) is 4.99. The minimum absolute atomic E-state index is 0.142. The van der Waals surface area contributed by atoms with Gasteiger partial charge in [0.2, 0.25) is 11.8 Å². The van der Waals surface area contributed by atoms with E-state index in [4.69, 9.17) is 9.26 Å². The average molecular weight is 434 g/mol. The Labute approximate surface area is 180 Å². The van der Waals surface area contributed by atoms with E-state index < -0.39 is 5.97 Å². The molecule has 1 aromatic carbocycles. The van der Waals surface area contributed by atoms with Gasteiger partial charge in [-0.25, -0.2) is 0 Å². The van der Waals surface area contributed by atoms with Crippen LogP contribution < -0.4 is 5.32 Å². The molecule has 0 spiro atoms. The van der Waals surface area contributed by atoms with Gasteiger partial charge in [-0.1, -0.05) is 32.0 Å². The molecule has 162 valence electrons. The van der Waals surface area contributed by atoms with Crippen LogP contribution in [0.2, 0.25) is 0 Å². The van der Waals surface area contributed by atoms with E-state index in [1.807, 2.05) is 27.0 Å². The first-order valence-electron chi connectivity index (χ1n) is 9.57. The van der Waals surface area contributed by atoms with Crippen LogP contribution in [0.1, 0.15) is 62.6 Å². The number of hydrogen-bond donors (Lipinski definition) is 1. The largest absolute Gasteiger partial charge is 0.457 e. The van der Waals surface area contributed by atoms with Crippen molar-refractivity contribution in [1.29, 1.82) is 0 Å². The fraction of sp³-hybridized carbons (Fsp3) is 0.476. The lowest BCUT2D eigenvalue weighted by molar-refractivity contribution is -0.142. The third-order valence-corrected chi connectivity index (χ3v) is 4.90. The van der Waals surface area contributed by atoms with Gasteiger partial charge in [0.05, 0.1) is 5.69 Å². The molecule has 0 aliphatic heterocycles. The van der Waals surface area contributed by atoms with Crippen LogP contribution in [0.15, 0.2) is 27.6 Å². The van der Waals surface area contributed by atoms with E-state index in [0.717, 1.165) is 4.90 Å². The lowest BCUT2D eigenvalue weighted by Crippen LogP contribution is -2.15. The van der Waals surface area contributed by atoms with Crippen molar-refractivity contribution in [3.63, 3.8) is 0 Å². The number of benzene rings is 1. The molecule has 1 N–H and O–H groups in total. The highest BCUT2D eigenvalue weighted by Gasteiger charge is 2.21. The molecule has 0 atom stereocenters. The van der Waals surface area contributed by atoms with E-state index in [2.05, 4.69) is 15.5 Å². The predicted molar refractivity (Wildman–Crippen MR) is 114 cm³/mol. The van der Waals surface area contributed by atoms with E-state index in [9.17, 15) is 14.4 Å². The molecule has 0 aliphatic carbocycles. The number of anilines is 1. The van der Waals surface area contributed by atoms with Crippen molar-refractivity contribution >= 4 is 35.1 Å². The highest BCUT2D eigenvalue weighted by atomic mass is 32.2. The second kappa shape index (κ2) is 10.4. The number of rotatable bonds is 9. The Kier molecular flexibility index (Phi) is 8.16. The van der Waals surface area contributed by atoms with E-state index in [0.29, 0.717) is 35.8 Å². The number of amides is 1. The number of ketones is 1. The summed E-state index contributed by atoms with van der Waals surface area (Å²) in [5, 5.41) is 6.64. The van der Waals surface area contributed by atoms with Crippen LogP contribution in [-0.2, 0) is 26.2 Å². The zero-order chi connectivity index (χ0) is 22.3. The van der Waals surface area contributed by atoms with E-state index >= 15 is 0 Å². The number of nitrogens with one attached hydrogen (secondary N) is 1. The van der Waals surface area contributed by atoms with Gasteiger partial charge in [-0.3, -0.25) is 14.4 Å². The lowest BCUT2D eigenvalue weighted by atomic mass is 9.96. The molecule has 1 amide bonds. The van der Waals surface area contributed by atoms with Gasteiger partial charge in [0.1, 0.15) is 0 Å². The summed E-state index contributed by atoms with van der Waals surface area (Å²) in [7, 11) is 0. The summed E-state index contributed by atoms with van der Waals surface area (Å²) in [6.07, 6.45) is 2.96. The minimum atomic E-state index is -0.471. The van der Waals surface area contributed by atoms with E-state index in [1.165, 1.54) is 18.7 Å². The molecular formula is C21H27N3O5S. The molecule has 30 heavy (non-hydrogen) atoms. The van der Waals surface area contributed by atoms with Crippen molar-refractivity contribution in [3.8, 4) is 0 Å². The SMILES string of the molecule is CSc1ccc(C(=O)COC(=O)CCCc2nc(C(C)(C)C)no2)cc1NC(C)=O. The summed E-state index contributed by atoms with van der Waals surface area (Å²) in [5.74, 6) is 0.0632. The highest BCUT2D eigenvalue weighted by Crippen LogP contribution is 2.26. The molecule has 2 aromatic rings. The normalized spacial score (nSPS) is 11.2. The number of carbonyl (C=O) groups is 3. The molecule has 0 bridgehead atoms. The first-order chi connectivity index (χ1) is 14.1. The second-order valence-corrected chi connectivity index (χ2v) is 8.64. The fourth-order valence-electron chi connectivity index (χ4n) is 2.52. The lowest BCUT2D eigenvalue weighted by Gasteiger charge is -2.10. The molecule has 0 fully saturated rings. The van der Waals surface area contributed by atoms with Crippen LogP contribution in [0.5, 0.6) is 0 Å². The molecule has 9 heteroatoms. The third kappa shape index (κ3) is 6.98. The highest BCUT2D eigenvalue weighted by molar-refractivity contribution is 7.98. The summed E-state index contributed by atoms with van der Waals surface area (Å²) >= 11 is 1.46. The number of aryl methyl sites for hydroxylation is 1. The van der Waals surface area contributed by atoms with E-state index in [1.54, 1.807) is 18.2 Å². The Hall–Kier alpha value is -2.68. The molecule has 0 saturated heterocycles. The number of aromatic nitrogens is 2. The van der Waals surface area contributed by atoms with Crippen LogP contribution in [-0.4, -0.2) is 40.7 Å². The molecule has 8 nitrogen and oxygen atoms in total. The first kappa shape index (κ1) is 23.6. The Morgan fingerprint density at radius 3 is 2.57 bits per heavy atom. The number of Topliss-reactive ketones (excluding diaryl/α,β-unsaturated/α-hetero) is 1. The van der Waals surface area contributed by atoms with Crippen LogP contribution >= 0.6 is 11.8 Å². The minimum Gasteiger partial charge on any atom is -0.457 e. The van der Waals surface area contributed by atoms with Crippen molar-refractivity contribution in [2.24, 2.45) is 0 Å². The molecule has 1 heterocycles. The van der Waals surface area contributed by atoms with Crippen molar-refractivity contribution in [3.05, 3.63) is 35.5 Å². The Morgan fingerprint density at radius 1 is 1.23 bits per heavy atom. The van der Waals surface area contributed by atoms with E-state index in [-0.39, 0.29) is 30.1 Å². The molecule has 0 unspecified atom stereocenters. The quantitative estimate of drug-likeness (QED) is 0.361. The number of esters is 1. The van der Waals surface area contributed by atoms with Crippen molar-refractivity contribution < 1.29 is 23.6 Å². The van der Waals surface area contributed by atoms with Gasteiger partial charge in [0.25, 0.3) is 0 Å². The smallest absolute Gasteiger partial charge is 0.306 e. The van der Waals surface area contributed by atoms with Gasteiger partial charge in [0, 0.05) is 35.6 Å². The molecule has 1 aromatic heterocycles. The third-order valence-electron chi connectivity index (χ3n) is 4.11. The maximum Gasteiger partial charge on any atom is 0.306 e. The van der Waals surface area contributed by atoms with Gasteiger partial charge in [-0.15, -0.1) is 11.8 Å². The molecule has 0 aliphatic rings. The topological polar surface area (TPSA) is 111 Å². The number of thioether (sulfide) groups is 1. The van der Waals surface area contributed by atoms with Crippen molar-refractivity contribution in [1.82, 2.24) is 10.1 Å². The van der Waals surface area contributed by atoms with Gasteiger partial charge in [0.15, 0.2) is 18.2 Å². The maximum absolute atomic E-state index is 12.3. The second-order valence-electron chi connectivity index (χ2n) is 7.80. The zero-order valence-corrected chi connectivity index (χ0v) is 18.7. The fourth-order valence-corrected chi connectivity index (χ4v) is 3.05. The van der Waals surface area contributed by atoms with Gasteiger partial charge in [-0.05, 0) is 24.8 Å². The van der Waals surface area contributed by atoms with Crippen molar-refractivity contribution in [2.75, 3.05) is 18.2 Å². The molecular weight excluding hydrogens is 406 g/mol. The van der Waals surface area contributed by atoms with Crippen LogP contribution in [0, 0.1) is 0 Å². The standard InChI is InChI=1S/C21H27N3O5S/c1-13(25)22-15-11-14(9-10-17(15)30-5)16(26)12-28-19(27)8-6-7-18-23-20(24-29-18)21(2,3)4/h9-11H,6-8,12H2,1-5H3,(H,22,25). The maximum atomic E-state index is 12.3. The number of ether oxygens (including phenoxy) is 1. The summed E-state index contributed by atoms with van der Waals surface area (Å²) < 4.78 is 10.3. The summed E-state index contributed by atoms with van der Waals surface area (Å²) in [5.41, 5.74) is 0.723. The molecule has 0 radical (unpaired) electrons. The van der Waals surface area contributed by atoms with Gasteiger partial charge >= 0.3 is 5.97 Å². The van der Waals surface area contributed by atoms with Gasteiger partial charge in [-0.2, -0.15) is 4.98 Å². The monoisotopic (exact) mass is 433 g/mol. The van der Waals surface area contributed by atoms with Crippen LogP contribution in [0.3, 0.4) is 0 Å². The summed E-state index contributed by atoms with van der Waals surface area (Å²) in [6.45, 7) is 7.02. The van der Waals surface area contributed by atoms with Crippen LogP contribution in [0.4, 0.5) is 5.69 Å². The first-order valence-corrected chi connectivity index (χ1v) is 10.8. The number of carbonyl (C=O) groups excluding carboxylic acids is 3. The molecule has 0 saturated carbocycles. The summed E-state index contributed by atoms with van der Waals surface area (Å²) in [4.78, 5) is 40.8. The predicted octanol–water partition coefficient (Wildman–Crippen LogP) is 3.80. The number of nitrogens with zero attached hydrogens (tertiary/aromatic N) is 2. The number of hydrogen-bond acceptors (Lipinski definition) is 8. The average Bonchev–Trinajstić information content (AvgIpc) is 3.15.